The molecule has 0 aliphatic rings. The van der Waals surface area contributed by atoms with E-state index < -0.39 is 0 Å². The number of nitrogens with one attached hydrogen (secondary N) is 2. The molecule has 0 radical (unpaired) electrons. The lowest BCUT2D eigenvalue weighted by Crippen LogP contribution is -2.35. The van der Waals surface area contributed by atoms with E-state index in [0.29, 0.717) is 13.1 Å². The number of amides is 1. The van der Waals surface area contributed by atoms with Crippen molar-refractivity contribution in [3.63, 3.8) is 0 Å². The predicted octanol–water partition coefficient (Wildman–Crippen LogP) is 1.03. The maximum Gasteiger partial charge on any atom is 0.234 e. The van der Waals surface area contributed by atoms with Crippen molar-refractivity contribution in [1.82, 2.24) is 15.6 Å². The molecule has 1 amide bonds. The maximum atomic E-state index is 11.5. The lowest BCUT2D eigenvalue weighted by molar-refractivity contribution is -0.120. The van der Waals surface area contributed by atoms with Gasteiger partial charge in [0.1, 0.15) is 0 Å². The molecule has 0 bridgehead atoms. The number of hydrogen-bond acceptors (Lipinski definition) is 3. The Balaban J connectivity index is 2.36. The van der Waals surface area contributed by atoms with Gasteiger partial charge in [-0.05, 0) is 19.1 Å². The van der Waals surface area contributed by atoms with Gasteiger partial charge in [-0.3, -0.25) is 9.78 Å². The quantitative estimate of drug-likeness (QED) is 0.555. The van der Waals surface area contributed by atoms with Gasteiger partial charge in [0, 0.05) is 12.7 Å². The summed E-state index contributed by atoms with van der Waals surface area (Å²) in [5, 5.41) is 5.80. The first-order valence-electron chi connectivity index (χ1n) is 5.26. The first-order chi connectivity index (χ1) is 7.74. The molecule has 2 N–H and O–H groups in total. The van der Waals surface area contributed by atoms with Crippen LogP contribution < -0.4 is 10.6 Å². The molecule has 0 aliphatic heterocycles. The van der Waals surface area contributed by atoms with Crippen LogP contribution in [0.4, 0.5) is 0 Å². The molecule has 1 rings (SSSR count). The van der Waals surface area contributed by atoms with Crippen LogP contribution in [0.25, 0.3) is 0 Å². The van der Waals surface area contributed by atoms with E-state index in [0.717, 1.165) is 5.69 Å². The van der Waals surface area contributed by atoms with E-state index >= 15 is 0 Å². The van der Waals surface area contributed by atoms with E-state index in [1.54, 1.807) is 12.3 Å². The van der Waals surface area contributed by atoms with E-state index in [1.165, 1.54) is 0 Å². The van der Waals surface area contributed by atoms with E-state index in [-0.39, 0.29) is 11.9 Å². The number of pyridine rings is 1. The fraction of sp³-hybridized carbons (Fsp3) is 0.333. The number of carbonyl (C=O) groups excluding carboxylic acids is 1. The van der Waals surface area contributed by atoms with E-state index in [9.17, 15) is 4.79 Å². The molecule has 16 heavy (non-hydrogen) atoms. The Kier molecular flexibility index (Phi) is 5.22. The second-order valence-corrected chi connectivity index (χ2v) is 3.46. The van der Waals surface area contributed by atoms with Gasteiger partial charge in [-0.15, -0.1) is 6.58 Å². The summed E-state index contributed by atoms with van der Waals surface area (Å²) in [5.74, 6) is -0.0417. The molecule has 0 unspecified atom stereocenters. The molecule has 1 aromatic rings. The Morgan fingerprint density at radius 2 is 2.44 bits per heavy atom. The zero-order chi connectivity index (χ0) is 11.8. The van der Waals surface area contributed by atoms with Gasteiger partial charge in [0.05, 0.1) is 18.3 Å². The van der Waals surface area contributed by atoms with Crippen LogP contribution in [0.5, 0.6) is 0 Å². The zero-order valence-electron chi connectivity index (χ0n) is 9.44. The molecule has 1 heterocycles. The van der Waals surface area contributed by atoms with Gasteiger partial charge in [0.2, 0.25) is 5.91 Å². The standard InChI is InChI=1S/C12H17N3O/c1-3-7-13-9-12(16)15-10(2)11-6-4-5-8-14-11/h3-6,8,10,13H,1,7,9H2,2H3,(H,15,16)/t10-/m0/s1. The Hall–Kier alpha value is -1.68. The van der Waals surface area contributed by atoms with E-state index in [1.807, 2.05) is 25.1 Å². The number of aromatic nitrogens is 1. The SMILES string of the molecule is C=CCNCC(=O)N[C@@H](C)c1ccccn1. The van der Waals surface area contributed by atoms with Crippen LogP contribution >= 0.6 is 0 Å². The summed E-state index contributed by atoms with van der Waals surface area (Å²) in [7, 11) is 0. The molecule has 0 aromatic carbocycles. The normalized spacial score (nSPS) is 11.8. The molecule has 4 heteroatoms. The monoisotopic (exact) mass is 219 g/mol. The summed E-state index contributed by atoms with van der Waals surface area (Å²) < 4.78 is 0. The second kappa shape index (κ2) is 6.74. The fourth-order valence-corrected chi connectivity index (χ4v) is 1.29. The van der Waals surface area contributed by atoms with Gasteiger partial charge in [-0.1, -0.05) is 12.1 Å². The van der Waals surface area contributed by atoms with Crippen molar-refractivity contribution < 1.29 is 4.79 Å². The minimum absolute atomic E-state index is 0.0417. The molecule has 86 valence electrons. The predicted molar refractivity (Wildman–Crippen MR) is 63.9 cm³/mol. The maximum absolute atomic E-state index is 11.5. The van der Waals surface area contributed by atoms with Crippen molar-refractivity contribution >= 4 is 5.91 Å². The molecule has 0 spiro atoms. The molecule has 0 saturated carbocycles. The first-order valence-corrected chi connectivity index (χ1v) is 5.26. The minimum Gasteiger partial charge on any atom is -0.347 e. The van der Waals surface area contributed by atoms with Gasteiger partial charge in [0.25, 0.3) is 0 Å². The van der Waals surface area contributed by atoms with Crippen LogP contribution in [0.15, 0.2) is 37.1 Å². The van der Waals surface area contributed by atoms with Crippen LogP contribution in [0.3, 0.4) is 0 Å². The van der Waals surface area contributed by atoms with Gasteiger partial charge in [-0.25, -0.2) is 0 Å². The smallest absolute Gasteiger partial charge is 0.234 e. The van der Waals surface area contributed by atoms with E-state index in [4.69, 9.17) is 0 Å². The Bertz CT molecular complexity index is 337. The number of hydrogen-bond donors (Lipinski definition) is 2. The average Bonchev–Trinajstić information content (AvgIpc) is 2.30. The van der Waals surface area contributed by atoms with Crippen LogP contribution in [0.2, 0.25) is 0 Å². The van der Waals surface area contributed by atoms with Crippen molar-refractivity contribution in [2.75, 3.05) is 13.1 Å². The fourth-order valence-electron chi connectivity index (χ4n) is 1.29. The number of nitrogens with zero attached hydrogens (tertiary/aromatic N) is 1. The number of carbonyl (C=O) groups is 1. The molecular formula is C12H17N3O. The van der Waals surface area contributed by atoms with Crippen LogP contribution in [-0.4, -0.2) is 24.0 Å². The summed E-state index contributed by atoms with van der Waals surface area (Å²) >= 11 is 0. The van der Waals surface area contributed by atoms with Crippen molar-refractivity contribution in [1.29, 1.82) is 0 Å². The topological polar surface area (TPSA) is 54.0 Å². The molecule has 1 aromatic heterocycles. The van der Waals surface area contributed by atoms with Crippen LogP contribution in [-0.2, 0) is 4.79 Å². The second-order valence-electron chi connectivity index (χ2n) is 3.46. The first kappa shape index (κ1) is 12.4. The molecule has 0 fully saturated rings. The third-order valence-corrected chi connectivity index (χ3v) is 2.08. The Morgan fingerprint density at radius 3 is 3.06 bits per heavy atom. The zero-order valence-corrected chi connectivity index (χ0v) is 9.44. The highest BCUT2D eigenvalue weighted by molar-refractivity contribution is 5.78. The lowest BCUT2D eigenvalue weighted by Gasteiger charge is -2.13. The summed E-state index contributed by atoms with van der Waals surface area (Å²) in [6, 6.07) is 5.58. The van der Waals surface area contributed by atoms with Crippen LogP contribution in [0.1, 0.15) is 18.7 Å². The molecule has 4 nitrogen and oxygen atoms in total. The average molecular weight is 219 g/mol. The van der Waals surface area contributed by atoms with Crippen LogP contribution in [0, 0.1) is 0 Å². The highest BCUT2D eigenvalue weighted by Gasteiger charge is 2.09. The Morgan fingerprint density at radius 1 is 1.62 bits per heavy atom. The van der Waals surface area contributed by atoms with Crippen molar-refractivity contribution in [3.8, 4) is 0 Å². The molecule has 0 saturated heterocycles. The van der Waals surface area contributed by atoms with E-state index in [2.05, 4.69) is 22.2 Å². The minimum atomic E-state index is -0.0702. The summed E-state index contributed by atoms with van der Waals surface area (Å²) in [5.41, 5.74) is 0.861. The van der Waals surface area contributed by atoms with Crippen molar-refractivity contribution in [3.05, 3.63) is 42.7 Å². The van der Waals surface area contributed by atoms with Gasteiger partial charge < -0.3 is 10.6 Å². The lowest BCUT2D eigenvalue weighted by atomic mass is 10.2. The molecule has 0 aliphatic carbocycles. The molecular weight excluding hydrogens is 202 g/mol. The largest absolute Gasteiger partial charge is 0.347 e. The summed E-state index contributed by atoms with van der Waals surface area (Å²) in [6.45, 7) is 6.40. The van der Waals surface area contributed by atoms with Crippen molar-refractivity contribution in [2.45, 2.75) is 13.0 Å². The summed E-state index contributed by atoms with van der Waals surface area (Å²) in [4.78, 5) is 15.6. The Labute approximate surface area is 95.8 Å². The van der Waals surface area contributed by atoms with Gasteiger partial charge in [0.15, 0.2) is 0 Å². The van der Waals surface area contributed by atoms with Gasteiger partial charge >= 0.3 is 0 Å². The summed E-state index contributed by atoms with van der Waals surface area (Å²) in [6.07, 6.45) is 3.43. The van der Waals surface area contributed by atoms with Gasteiger partial charge in [-0.2, -0.15) is 0 Å². The van der Waals surface area contributed by atoms with Crippen molar-refractivity contribution in [2.24, 2.45) is 0 Å². The third-order valence-electron chi connectivity index (χ3n) is 2.08. The number of rotatable bonds is 6. The highest BCUT2D eigenvalue weighted by atomic mass is 16.1. The third kappa shape index (κ3) is 4.23. The highest BCUT2D eigenvalue weighted by Crippen LogP contribution is 2.06. The molecule has 1 atom stereocenters.